The largest absolute Gasteiger partial charge is 0.463 e. The van der Waals surface area contributed by atoms with Crippen molar-refractivity contribution in [2.45, 2.75) is 25.1 Å². The molecule has 1 atom stereocenters. The summed E-state index contributed by atoms with van der Waals surface area (Å²) < 4.78 is 61.4. The quantitative estimate of drug-likeness (QED) is 0.847. The van der Waals surface area contributed by atoms with Crippen LogP contribution in [0.2, 0.25) is 5.02 Å². The maximum absolute atomic E-state index is 12.7. The molecule has 0 unspecified atom stereocenters. The molecule has 0 saturated carbocycles. The Kier molecular flexibility index (Phi) is 4.39. The smallest absolute Gasteiger partial charge is 0.344 e. The zero-order valence-electron chi connectivity index (χ0n) is 9.56. The lowest BCUT2D eigenvalue weighted by Gasteiger charge is -2.22. The summed E-state index contributed by atoms with van der Waals surface area (Å²) in [6.07, 6.45) is -5.93. The Morgan fingerprint density at radius 2 is 1.74 bits per heavy atom. The second-order valence-corrected chi connectivity index (χ2v) is 4.20. The average molecular weight is 302 g/mol. The zero-order valence-corrected chi connectivity index (χ0v) is 10.3. The minimum Gasteiger partial charge on any atom is -0.344 e. The molecule has 0 radical (unpaired) electrons. The molecule has 1 aromatic carbocycles. The fourth-order valence-corrected chi connectivity index (χ4v) is 1.62. The van der Waals surface area contributed by atoms with E-state index >= 15 is 0 Å². The van der Waals surface area contributed by atoms with Gasteiger partial charge in [0.2, 0.25) is 0 Å². The topological polar surface area (TPSA) is 29.1 Å². The van der Waals surface area contributed by atoms with Gasteiger partial charge in [-0.2, -0.15) is 22.0 Å². The molecule has 1 aromatic rings. The molecule has 0 heterocycles. The maximum Gasteiger partial charge on any atom is 0.463 e. The van der Waals surface area contributed by atoms with Crippen LogP contribution in [0.15, 0.2) is 24.3 Å². The Labute approximate surface area is 110 Å². The maximum atomic E-state index is 12.7. The summed E-state index contributed by atoms with van der Waals surface area (Å²) in [5.74, 6) is -7.85. The Morgan fingerprint density at radius 3 is 2.21 bits per heavy atom. The van der Waals surface area contributed by atoms with Crippen molar-refractivity contribution >= 4 is 17.5 Å². The Hall–Kier alpha value is -1.37. The van der Waals surface area contributed by atoms with Crippen LogP contribution in [-0.4, -0.2) is 18.0 Å². The van der Waals surface area contributed by atoms with Gasteiger partial charge in [-0.25, -0.2) is 0 Å². The third-order valence-electron chi connectivity index (χ3n) is 2.36. The Balaban J connectivity index is 2.87. The minimum absolute atomic E-state index is 0.158. The highest BCUT2D eigenvalue weighted by Gasteiger charge is 2.63. The van der Waals surface area contributed by atoms with Crippen LogP contribution >= 0.6 is 11.6 Å². The van der Waals surface area contributed by atoms with Crippen molar-refractivity contribution < 1.29 is 26.7 Å². The predicted molar refractivity (Wildman–Crippen MR) is 59.0 cm³/mol. The molecule has 1 N–H and O–H groups in total. The summed E-state index contributed by atoms with van der Waals surface area (Å²) in [4.78, 5) is 11.0. The molecule has 0 bridgehead atoms. The van der Waals surface area contributed by atoms with E-state index in [2.05, 4.69) is 0 Å². The fourth-order valence-electron chi connectivity index (χ4n) is 1.32. The number of carbonyl (C=O) groups excluding carboxylic acids is 1. The number of nitrogens with one attached hydrogen (secondary N) is 1. The first-order valence-corrected chi connectivity index (χ1v) is 5.45. The molecule has 0 aliphatic rings. The van der Waals surface area contributed by atoms with Crippen LogP contribution in [0.3, 0.4) is 0 Å². The number of rotatable bonds is 3. The molecule has 0 aliphatic heterocycles. The molecule has 106 valence electrons. The van der Waals surface area contributed by atoms with Crippen molar-refractivity contribution in [2.75, 3.05) is 0 Å². The van der Waals surface area contributed by atoms with Crippen LogP contribution in [0.1, 0.15) is 18.5 Å². The van der Waals surface area contributed by atoms with Crippen molar-refractivity contribution in [3.05, 3.63) is 34.9 Å². The van der Waals surface area contributed by atoms with Crippen LogP contribution in [0.4, 0.5) is 22.0 Å². The molecule has 0 spiro atoms. The summed E-state index contributed by atoms with van der Waals surface area (Å²) in [7, 11) is 0. The van der Waals surface area contributed by atoms with Gasteiger partial charge in [-0.3, -0.25) is 4.79 Å². The summed E-state index contributed by atoms with van der Waals surface area (Å²) in [5, 5.41) is 1.75. The highest BCUT2D eigenvalue weighted by molar-refractivity contribution is 6.31. The first-order valence-electron chi connectivity index (χ1n) is 5.07. The molecule has 1 rings (SSSR count). The average Bonchev–Trinajstić information content (AvgIpc) is 2.27. The normalized spacial score (nSPS) is 14.1. The van der Waals surface area contributed by atoms with Gasteiger partial charge in [-0.05, 0) is 18.6 Å². The number of alkyl halides is 5. The van der Waals surface area contributed by atoms with Crippen molar-refractivity contribution in [3.8, 4) is 0 Å². The molecular formula is C11H9ClF5NO. The van der Waals surface area contributed by atoms with Crippen molar-refractivity contribution in [1.29, 1.82) is 0 Å². The Morgan fingerprint density at radius 1 is 1.21 bits per heavy atom. The third kappa shape index (κ3) is 3.34. The third-order valence-corrected chi connectivity index (χ3v) is 2.70. The van der Waals surface area contributed by atoms with E-state index in [1.807, 2.05) is 0 Å². The van der Waals surface area contributed by atoms with Crippen molar-refractivity contribution in [3.63, 3.8) is 0 Å². The van der Waals surface area contributed by atoms with E-state index in [-0.39, 0.29) is 10.6 Å². The second-order valence-electron chi connectivity index (χ2n) is 3.79. The van der Waals surface area contributed by atoms with Gasteiger partial charge in [0.1, 0.15) is 0 Å². The van der Waals surface area contributed by atoms with E-state index in [0.717, 1.165) is 0 Å². The molecule has 19 heavy (non-hydrogen) atoms. The summed E-state index contributed by atoms with van der Waals surface area (Å²) in [5.41, 5.74) is 0.246. The first-order chi connectivity index (χ1) is 8.57. The molecule has 2 nitrogen and oxygen atoms in total. The van der Waals surface area contributed by atoms with E-state index in [1.165, 1.54) is 25.1 Å². The van der Waals surface area contributed by atoms with Crippen LogP contribution < -0.4 is 5.32 Å². The van der Waals surface area contributed by atoms with Crippen LogP contribution in [0.25, 0.3) is 0 Å². The van der Waals surface area contributed by atoms with E-state index in [0.29, 0.717) is 0 Å². The number of halogens is 6. The van der Waals surface area contributed by atoms with Gasteiger partial charge in [0.15, 0.2) is 0 Å². The highest BCUT2D eigenvalue weighted by Crippen LogP contribution is 2.36. The minimum atomic E-state index is -5.93. The number of hydrogen-bond donors (Lipinski definition) is 1. The van der Waals surface area contributed by atoms with Gasteiger partial charge in [0.05, 0.1) is 6.04 Å². The van der Waals surface area contributed by atoms with Gasteiger partial charge in [0, 0.05) is 5.02 Å². The zero-order chi connectivity index (χ0) is 14.8. The molecule has 1 amide bonds. The predicted octanol–water partition coefficient (Wildman–Crippen LogP) is 3.71. The lowest BCUT2D eigenvalue weighted by atomic mass is 10.1. The standard InChI is InChI=1S/C11H9ClF5NO/c1-6(7-4-2-3-5-8(7)12)18-9(19)10(13,14)11(15,16)17/h2-6H,1H3,(H,18,19)/t6-/m1/s1. The van der Waals surface area contributed by atoms with Gasteiger partial charge in [0.25, 0.3) is 0 Å². The van der Waals surface area contributed by atoms with Crippen LogP contribution in [0, 0.1) is 0 Å². The van der Waals surface area contributed by atoms with E-state index < -0.39 is 24.0 Å². The number of benzene rings is 1. The molecule has 0 saturated heterocycles. The monoisotopic (exact) mass is 301 g/mol. The molecular weight excluding hydrogens is 293 g/mol. The van der Waals surface area contributed by atoms with Gasteiger partial charge in [-0.1, -0.05) is 29.8 Å². The summed E-state index contributed by atoms with van der Waals surface area (Å²) in [6.45, 7) is 1.26. The summed E-state index contributed by atoms with van der Waals surface area (Å²) >= 11 is 5.75. The van der Waals surface area contributed by atoms with E-state index in [1.54, 1.807) is 11.4 Å². The van der Waals surface area contributed by atoms with Crippen molar-refractivity contribution in [2.24, 2.45) is 0 Å². The molecule has 0 aromatic heterocycles. The van der Waals surface area contributed by atoms with E-state index in [9.17, 15) is 26.7 Å². The number of carbonyl (C=O) groups is 1. The first kappa shape index (κ1) is 15.7. The van der Waals surface area contributed by atoms with Crippen LogP contribution in [-0.2, 0) is 4.79 Å². The highest BCUT2D eigenvalue weighted by atomic mass is 35.5. The molecule has 0 aliphatic carbocycles. The second kappa shape index (κ2) is 5.32. The van der Waals surface area contributed by atoms with Crippen LogP contribution in [0.5, 0.6) is 0 Å². The lowest BCUT2D eigenvalue weighted by Crippen LogP contribution is -2.50. The molecule has 8 heteroatoms. The molecule has 0 fully saturated rings. The van der Waals surface area contributed by atoms with Gasteiger partial charge < -0.3 is 5.32 Å². The van der Waals surface area contributed by atoms with Gasteiger partial charge in [-0.15, -0.1) is 0 Å². The van der Waals surface area contributed by atoms with Gasteiger partial charge >= 0.3 is 18.0 Å². The lowest BCUT2D eigenvalue weighted by molar-refractivity contribution is -0.270. The Bertz CT molecular complexity index is 474. The van der Waals surface area contributed by atoms with E-state index in [4.69, 9.17) is 11.6 Å². The number of amides is 1. The SMILES string of the molecule is C[C@@H](NC(=O)C(F)(F)C(F)(F)F)c1ccccc1Cl. The van der Waals surface area contributed by atoms with Crippen molar-refractivity contribution in [1.82, 2.24) is 5.32 Å². The number of hydrogen-bond acceptors (Lipinski definition) is 1. The fraction of sp³-hybridized carbons (Fsp3) is 0.364. The summed E-state index contributed by atoms with van der Waals surface area (Å²) in [6, 6.07) is 4.85.